The molecule has 3 rings (SSSR count). The molecule has 1 atom stereocenters. The molecular weight excluding hydrogens is 330 g/mol. The molecule has 2 aromatic heterocycles. The lowest BCUT2D eigenvalue weighted by atomic mass is 9.95. The zero-order valence-corrected chi connectivity index (χ0v) is 15.3. The van der Waals surface area contributed by atoms with Crippen molar-refractivity contribution < 1.29 is 4.79 Å². The fraction of sp³-hybridized carbons (Fsp3) is 0.611. The van der Waals surface area contributed by atoms with E-state index in [1.807, 2.05) is 18.1 Å². The molecule has 0 radical (unpaired) electrons. The molecule has 8 nitrogen and oxygen atoms in total. The van der Waals surface area contributed by atoms with Gasteiger partial charge in [-0.3, -0.25) is 14.5 Å². The Balaban J connectivity index is 1.42. The van der Waals surface area contributed by atoms with Crippen LogP contribution in [0.15, 0.2) is 25.0 Å². The Bertz CT molecular complexity index is 671. The van der Waals surface area contributed by atoms with Crippen LogP contribution >= 0.6 is 0 Å². The van der Waals surface area contributed by atoms with Crippen molar-refractivity contribution in [2.75, 3.05) is 25.5 Å². The monoisotopic (exact) mass is 357 g/mol. The average Bonchev–Trinajstić information content (AvgIpc) is 3.07. The number of carbonyl (C=O) groups is 1. The molecule has 0 bridgehead atoms. The van der Waals surface area contributed by atoms with Gasteiger partial charge in [0.2, 0.25) is 5.91 Å². The third-order valence-corrected chi connectivity index (χ3v) is 4.90. The van der Waals surface area contributed by atoms with Gasteiger partial charge in [0.25, 0.3) is 0 Å². The highest BCUT2D eigenvalue weighted by Crippen LogP contribution is 2.21. The highest BCUT2D eigenvalue weighted by Gasteiger charge is 2.21. The van der Waals surface area contributed by atoms with Crippen molar-refractivity contribution in [2.24, 2.45) is 5.92 Å². The molecular formula is C18H27N7O. The van der Waals surface area contributed by atoms with Crippen molar-refractivity contribution >= 4 is 11.7 Å². The Morgan fingerprint density at radius 3 is 2.92 bits per heavy atom. The Hall–Kier alpha value is -2.51. The van der Waals surface area contributed by atoms with Gasteiger partial charge in [-0.05, 0) is 38.0 Å². The first-order valence-electron chi connectivity index (χ1n) is 9.33. The Morgan fingerprint density at radius 2 is 2.19 bits per heavy atom. The molecule has 0 aliphatic carbocycles. The third-order valence-electron chi connectivity index (χ3n) is 4.90. The molecule has 1 amide bonds. The van der Waals surface area contributed by atoms with Crippen molar-refractivity contribution in [3.05, 3.63) is 30.7 Å². The second kappa shape index (κ2) is 9.26. The molecule has 1 N–H and O–H groups in total. The van der Waals surface area contributed by atoms with E-state index in [9.17, 15) is 4.79 Å². The molecule has 3 heterocycles. The van der Waals surface area contributed by atoms with Crippen LogP contribution in [0.3, 0.4) is 0 Å². The summed E-state index contributed by atoms with van der Waals surface area (Å²) in [6.45, 7) is 2.45. The van der Waals surface area contributed by atoms with E-state index in [2.05, 4.69) is 25.4 Å². The summed E-state index contributed by atoms with van der Waals surface area (Å²) in [5, 5.41) is 7.05. The van der Waals surface area contributed by atoms with Gasteiger partial charge in [0.05, 0.1) is 18.1 Å². The van der Waals surface area contributed by atoms with Crippen molar-refractivity contribution in [2.45, 2.75) is 45.1 Å². The van der Waals surface area contributed by atoms with Gasteiger partial charge in [-0.25, -0.2) is 9.97 Å². The van der Waals surface area contributed by atoms with Gasteiger partial charge in [-0.2, -0.15) is 5.10 Å². The predicted molar refractivity (Wildman–Crippen MR) is 98.5 cm³/mol. The first kappa shape index (κ1) is 18.3. The molecule has 0 unspecified atom stereocenters. The molecule has 1 fully saturated rings. The molecule has 0 spiro atoms. The van der Waals surface area contributed by atoms with Crippen molar-refractivity contribution in [3.63, 3.8) is 0 Å². The molecule has 0 aromatic carbocycles. The Morgan fingerprint density at radius 1 is 1.27 bits per heavy atom. The number of nitrogens with one attached hydrogen (secondary N) is 1. The van der Waals surface area contributed by atoms with Crippen LogP contribution in [0.4, 0.5) is 5.82 Å². The highest BCUT2D eigenvalue weighted by molar-refractivity contribution is 5.76. The van der Waals surface area contributed by atoms with Crippen molar-refractivity contribution in [1.29, 1.82) is 0 Å². The lowest BCUT2D eigenvalue weighted by Gasteiger charge is -2.20. The fourth-order valence-electron chi connectivity index (χ4n) is 3.40. The smallest absolute Gasteiger partial charge is 0.222 e. The van der Waals surface area contributed by atoms with Gasteiger partial charge in [0, 0.05) is 33.1 Å². The summed E-state index contributed by atoms with van der Waals surface area (Å²) >= 11 is 0. The van der Waals surface area contributed by atoms with Crippen LogP contribution in [0.1, 0.15) is 37.8 Å². The molecule has 1 aliphatic heterocycles. The number of nitrogens with zero attached hydrogens (tertiary/aromatic N) is 6. The number of hydrogen-bond donors (Lipinski definition) is 1. The molecule has 140 valence electrons. The lowest BCUT2D eigenvalue weighted by molar-refractivity contribution is -0.131. The van der Waals surface area contributed by atoms with Crippen LogP contribution in [-0.4, -0.2) is 55.7 Å². The van der Waals surface area contributed by atoms with Gasteiger partial charge in [0.15, 0.2) is 0 Å². The summed E-state index contributed by atoms with van der Waals surface area (Å²) < 4.78 is 1.77. The minimum atomic E-state index is 0.254. The lowest BCUT2D eigenvalue weighted by Crippen LogP contribution is -2.32. The standard InChI is InChI=1S/C18H27N7O/c1-19-17-12-21-16(11-22-17)10-15-4-2-7-24(9-6-15)18(26)5-3-8-25-14-20-13-23-25/h11-15H,2-10H2,1H3,(H,19,22)/t15-/m0/s1. The number of rotatable bonds is 7. The number of carbonyl (C=O) groups excluding carboxylic acids is 1. The van der Waals surface area contributed by atoms with Gasteiger partial charge in [0.1, 0.15) is 18.5 Å². The van der Waals surface area contributed by atoms with Gasteiger partial charge in [-0.15, -0.1) is 0 Å². The number of anilines is 1. The largest absolute Gasteiger partial charge is 0.372 e. The number of aryl methyl sites for hydroxylation is 1. The maximum Gasteiger partial charge on any atom is 0.222 e. The van der Waals surface area contributed by atoms with Crippen LogP contribution in [0.5, 0.6) is 0 Å². The average molecular weight is 357 g/mol. The fourth-order valence-corrected chi connectivity index (χ4v) is 3.40. The van der Waals surface area contributed by atoms with Crippen molar-refractivity contribution in [1.82, 2.24) is 29.6 Å². The Labute approximate surface area is 154 Å². The van der Waals surface area contributed by atoms with Gasteiger partial charge < -0.3 is 10.2 Å². The molecule has 26 heavy (non-hydrogen) atoms. The van der Waals surface area contributed by atoms with E-state index in [0.29, 0.717) is 12.3 Å². The summed E-state index contributed by atoms with van der Waals surface area (Å²) in [7, 11) is 1.84. The number of amides is 1. The van der Waals surface area contributed by atoms with Crippen molar-refractivity contribution in [3.8, 4) is 0 Å². The van der Waals surface area contributed by atoms with E-state index in [0.717, 1.165) is 63.3 Å². The van der Waals surface area contributed by atoms with E-state index in [-0.39, 0.29) is 5.91 Å². The van der Waals surface area contributed by atoms with Crippen LogP contribution < -0.4 is 5.32 Å². The maximum atomic E-state index is 12.5. The zero-order chi connectivity index (χ0) is 18.2. The van der Waals surface area contributed by atoms with Crippen LogP contribution in [0.2, 0.25) is 0 Å². The van der Waals surface area contributed by atoms with Crippen LogP contribution in [-0.2, 0) is 17.8 Å². The summed E-state index contributed by atoms with van der Waals surface area (Å²) in [5.41, 5.74) is 1.03. The van der Waals surface area contributed by atoms with Gasteiger partial charge in [-0.1, -0.05) is 0 Å². The number of hydrogen-bond acceptors (Lipinski definition) is 6. The van der Waals surface area contributed by atoms with E-state index in [4.69, 9.17) is 0 Å². The van der Waals surface area contributed by atoms with E-state index < -0.39 is 0 Å². The topological polar surface area (TPSA) is 88.8 Å². The second-order valence-electron chi connectivity index (χ2n) is 6.79. The summed E-state index contributed by atoms with van der Waals surface area (Å²) in [5.74, 6) is 1.61. The molecule has 0 saturated carbocycles. The number of likely N-dealkylation sites (tertiary alicyclic amines) is 1. The Kier molecular flexibility index (Phi) is 6.51. The second-order valence-corrected chi connectivity index (χ2v) is 6.79. The predicted octanol–water partition coefficient (Wildman–Crippen LogP) is 1.76. The third kappa shape index (κ3) is 5.24. The van der Waals surface area contributed by atoms with E-state index in [1.54, 1.807) is 17.2 Å². The summed E-state index contributed by atoms with van der Waals surface area (Å²) in [6, 6.07) is 0. The van der Waals surface area contributed by atoms with Crippen LogP contribution in [0.25, 0.3) is 0 Å². The highest BCUT2D eigenvalue weighted by atomic mass is 16.2. The van der Waals surface area contributed by atoms with E-state index in [1.165, 1.54) is 6.33 Å². The molecule has 2 aromatic rings. The first-order valence-corrected chi connectivity index (χ1v) is 9.33. The summed E-state index contributed by atoms with van der Waals surface area (Å²) in [6.07, 6.45) is 12.4. The van der Waals surface area contributed by atoms with Crippen LogP contribution in [0, 0.1) is 5.92 Å². The first-order chi connectivity index (χ1) is 12.7. The minimum absolute atomic E-state index is 0.254. The zero-order valence-electron chi connectivity index (χ0n) is 15.3. The van der Waals surface area contributed by atoms with Gasteiger partial charge >= 0.3 is 0 Å². The number of aromatic nitrogens is 5. The van der Waals surface area contributed by atoms with E-state index >= 15 is 0 Å². The molecule has 1 aliphatic rings. The molecule has 1 saturated heterocycles. The summed E-state index contributed by atoms with van der Waals surface area (Å²) in [4.78, 5) is 27.2. The molecule has 8 heteroatoms. The quantitative estimate of drug-likeness (QED) is 0.812. The normalized spacial score (nSPS) is 17.7. The SMILES string of the molecule is CNc1cnc(C[C@H]2CCCN(C(=O)CCCn3cncn3)CC2)cn1. The maximum absolute atomic E-state index is 12.5. The minimum Gasteiger partial charge on any atom is -0.372 e.